The molecule has 1 amide bonds. The lowest BCUT2D eigenvalue weighted by atomic mass is 9.95. The van der Waals surface area contributed by atoms with Crippen molar-refractivity contribution in [1.82, 2.24) is 14.9 Å². The number of nitrogens with zero attached hydrogens (tertiary/aromatic N) is 2. The van der Waals surface area contributed by atoms with Crippen LogP contribution in [0.5, 0.6) is 0 Å². The Labute approximate surface area is 169 Å². The fourth-order valence-electron chi connectivity index (χ4n) is 3.41. The Kier molecular flexibility index (Phi) is 6.47. The molecule has 0 saturated heterocycles. The summed E-state index contributed by atoms with van der Waals surface area (Å²) in [7, 11) is 0. The van der Waals surface area contributed by atoms with Gasteiger partial charge in [0.15, 0.2) is 0 Å². The maximum Gasteiger partial charge on any atom is 0.258 e. The van der Waals surface area contributed by atoms with Crippen LogP contribution in [-0.4, -0.2) is 27.3 Å². The van der Waals surface area contributed by atoms with Crippen molar-refractivity contribution < 1.29 is 4.79 Å². The zero-order valence-electron chi connectivity index (χ0n) is 16.1. The number of benzene rings is 2. The second-order valence-corrected chi connectivity index (χ2v) is 7.24. The topological polar surface area (TPSA) is 66.1 Å². The summed E-state index contributed by atoms with van der Waals surface area (Å²) in [4.78, 5) is 34.8. The number of aromatic nitrogens is 2. The third-order valence-electron chi connectivity index (χ3n) is 4.77. The van der Waals surface area contributed by atoms with E-state index in [-0.39, 0.29) is 23.9 Å². The second kappa shape index (κ2) is 9.02. The van der Waals surface area contributed by atoms with E-state index < -0.39 is 0 Å². The second-order valence-electron chi connectivity index (χ2n) is 6.81. The van der Waals surface area contributed by atoms with Gasteiger partial charge in [0.05, 0.1) is 23.4 Å². The van der Waals surface area contributed by atoms with E-state index in [2.05, 4.69) is 9.97 Å². The number of amides is 1. The molecule has 0 aliphatic carbocycles. The van der Waals surface area contributed by atoms with Crippen LogP contribution in [0.2, 0.25) is 5.02 Å². The normalized spacial score (nSPS) is 12.1. The highest BCUT2D eigenvalue weighted by atomic mass is 35.5. The molecule has 3 rings (SSSR count). The van der Waals surface area contributed by atoms with Gasteiger partial charge in [0.1, 0.15) is 5.82 Å². The van der Waals surface area contributed by atoms with E-state index in [9.17, 15) is 9.59 Å². The lowest BCUT2D eigenvalue weighted by molar-refractivity contribution is -0.133. The number of rotatable bonds is 7. The van der Waals surface area contributed by atoms with Crippen molar-refractivity contribution in [3.8, 4) is 0 Å². The van der Waals surface area contributed by atoms with Gasteiger partial charge < -0.3 is 9.88 Å². The van der Waals surface area contributed by atoms with Crippen LogP contribution in [0.4, 0.5) is 0 Å². The Balaban J connectivity index is 1.91. The summed E-state index contributed by atoms with van der Waals surface area (Å²) >= 11 is 6.04. The molecule has 0 bridgehead atoms. The molecule has 5 nitrogen and oxygen atoms in total. The predicted octanol–water partition coefficient (Wildman–Crippen LogP) is 4.51. The third kappa shape index (κ3) is 4.42. The summed E-state index contributed by atoms with van der Waals surface area (Å²) in [5, 5.41) is 1.01. The Hall–Kier alpha value is -2.66. The van der Waals surface area contributed by atoms with Gasteiger partial charge in [0.25, 0.3) is 5.56 Å². The minimum absolute atomic E-state index is 0.0457. The molecular formula is C22H24ClN3O2. The Bertz CT molecular complexity index is 1020. The van der Waals surface area contributed by atoms with Gasteiger partial charge >= 0.3 is 0 Å². The first kappa shape index (κ1) is 20.1. The van der Waals surface area contributed by atoms with Crippen LogP contribution >= 0.6 is 11.6 Å². The summed E-state index contributed by atoms with van der Waals surface area (Å²) < 4.78 is 0. The number of H-pyrrole nitrogens is 1. The lowest BCUT2D eigenvalue weighted by Gasteiger charge is -2.26. The summed E-state index contributed by atoms with van der Waals surface area (Å²) in [6.45, 7) is 4.89. The minimum Gasteiger partial charge on any atom is -0.335 e. The van der Waals surface area contributed by atoms with Gasteiger partial charge in [-0.25, -0.2) is 4.98 Å². The predicted molar refractivity (Wildman–Crippen MR) is 113 cm³/mol. The number of hydrogen-bond acceptors (Lipinski definition) is 3. The fraction of sp³-hybridized carbons (Fsp3) is 0.318. The first-order chi connectivity index (χ1) is 13.5. The summed E-state index contributed by atoms with van der Waals surface area (Å²) in [5.41, 5.74) is 1.31. The summed E-state index contributed by atoms with van der Waals surface area (Å²) in [6.07, 6.45) is 1.53. The van der Waals surface area contributed by atoms with E-state index in [4.69, 9.17) is 11.6 Å². The highest BCUT2D eigenvalue weighted by Gasteiger charge is 2.24. The maximum absolute atomic E-state index is 13.3. The van der Waals surface area contributed by atoms with Crippen molar-refractivity contribution in [3.63, 3.8) is 0 Å². The molecule has 3 aromatic rings. The average Bonchev–Trinajstić information content (AvgIpc) is 2.68. The van der Waals surface area contributed by atoms with Gasteiger partial charge in [-0.15, -0.1) is 0 Å². The number of carbonyl (C=O) groups is 1. The summed E-state index contributed by atoms with van der Waals surface area (Å²) in [6, 6.07) is 14.8. The molecule has 1 aromatic heterocycles. The number of hydrogen-bond donors (Lipinski definition) is 1. The van der Waals surface area contributed by atoms with E-state index in [1.807, 2.05) is 44.2 Å². The van der Waals surface area contributed by atoms with Crippen molar-refractivity contribution in [2.75, 3.05) is 6.54 Å². The van der Waals surface area contributed by atoms with Gasteiger partial charge in [-0.3, -0.25) is 9.59 Å². The number of halogens is 1. The molecule has 0 spiro atoms. The molecule has 6 heteroatoms. The summed E-state index contributed by atoms with van der Waals surface area (Å²) in [5.74, 6) is 0.295. The van der Waals surface area contributed by atoms with Crippen LogP contribution in [-0.2, 0) is 11.3 Å². The van der Waals surface area contributed by atoms with Gasteiger partial charge in [0, 0.05) is 11.6 Å². The zero-order chi connectivity index (χ0) is 20.1. The van der Waals surface area contributed by atoms with E-state index in [0.29, 0.717) is 34.7 Å². The molecule has 0 saturated carbocycles. The van der Waals surface area contributed by atoms with Crippen molar-refractivity contribution in [2.24, 2.45) is 0 Å². The lowest BCUT2D eigenvalue weighted by Crippen LogP contribution is -2.36. The molecule has 0 fully saturated rings. The van der Waals surface area contributed by atoms with Crippen molar-refractivity contribution in [2.45, 2.75) is 39.2 Å². The molecule has 0 aliphatic rings. The molecule has 1 N–H and O–H groups in total. The number of carbonyl (C=O) groups excluding carboxylic acids is 1. The molecule has 1 heterocycles. The molecule has 146 valence electrons. The smallest absolute Gasteiger partial charge is 0.258 e. The third-order valence-corrected chi connectivity index (χ3v) is 5.01. The van der Waals surface area contributed by atoms with E-state index in [1.165, 1.54) is 0 Å². The van der Waals surface area contributed by atoms with Crippen molar-refractivity contribution in [3.05, 3.63) is 75.3 Å². The van der Waals surface area contributed by atoms with Crippen LogP contribution in [0.15, 0.2) is 53.3 Å². The maximum atomic E-state index is 13.3. The quantitative estimate of drug-likeness (QED) is 0.637. The Morgan fingerprint density at radius 1 is 1.18 bits per heavy atom. The molecule has 0 aliphatic heterocycles. The van der Waals surface area contributed by atoms with E-state index in [0.717, 1.165) is 12.0 Å². The molecule has 2 aromatic carbocycles. The van der Waals surface area contributed by atoms with Crippen LogP contribution < -0.4 is 5.56 Å². The molecular weight excluding hydrogens is 374 g/mol. The largest absolute Gasteiger partial charge is 0.335 e. The van der Waals surface area contributed by atoms with E-state index >= 15 is 0 Å². The van der Waals surface area contributed by atoms with Crippen LogP contribution in [0.3, 0.4) is 0 Å². The zero-order valence-corrected chi connectivity index (χ0v) is 16.9. The average molecular weight is 398 g/mol. The van der Waals surface area contributed by atoms with Gasteiger partial charge in [0.2, 0.25) is 5.91 Å². The van der Waals surface area contributed by atoms with Gasteiger partial charge in [-0.2, -0.15) is 0 Å². The number of aromatic amines is 1. The Morgan fingerprint density at radius 2 is 1.93 bits per heavy atom. The van der Waals surface area contributed by atoms with Crippen LogP contribution in [0, 0.1) is 0 Å². The highest BCUT2D eigenvalue weighted by molar-refractivity contribution is 6.31. The van der Waals surface area contributed by atoms with Crippen LogP contribution in [0.1, 0.15) is 44.0 Å². The fourth-order valence-corrected chi connectivity index (χ4v) is 3.58. The highest BCUT2D eigenvalue weighted by Crippen LogP contribution is 2.23. The monoisotopic (exact) mass is 397 g/mol. The number of nitrogens with one attached hydrogen (secondary N) is 1. The van der Waals surface area contributed by atoms with E-state index in [1.54, 1.807) is 23.1 Å². The van der Waals surface area contributed by atoms with Gasteiger partial charge in [-0.1, -0.05) is 55.8 Å². The minimum atomic E-state index is -0.226. The van der Waals surface area contributed by atoms with Crippen molar-refractivity contribution >= 4 is 28.4 Å². The standard InChI is InChI=1S/C22H24ClN3O2/c1-3-12-26(22(28)17(4-2)15-8-6-5-7-9-15)14-20-24-19-13-16(23)10-11-18(19)21(27)25-20/h5-11,13,17H,3-4,12,14H2,1-2H3,(H,24,25,27). The molecule has 1 atom stereocenters. The SMILES string of the molecule is CCCN(Cc1nc2cc(Cl)ccc2c(=O)[nH]1)C(=O)C(CC)c1ccccc1. The van der Waals surface area contributed by atoms with Crippen LogP contribution in [0.25, 0.3) is 10.9 Å². The number of fused-ring (bicyclic) bond motifs is 1. The molecule has 0 radical (unpaired) electrons. The first-order valence-corrected chi connectivity index (χ1v) is 9.93. The first-order valence-electron chi connectivity index (χ1n) is 9.55. The molecule has 1 unspecified atom stereocenters. The van der Waals surface area contributed by atoms with Crippen molar-refractivity contribution in [1.29, 1.82) is 0 Å². The Morgan fingerprint density at radius 3 is 2.61 bits per heavy atom. The molecule has 28 heavy (non-hydrogen) atoms. The van der Waals surface area contributed by atoms with Gasteiger partial charge in [-0.05, 0) is 36.6 Å².